The molecule has 3 nitrogen and oxygen atoms in total. The van der Waals surface area contributed by atoms with Gasteiger partial charge in [0.25, 0.3) is 0 Å². The fourth-order valence-electron chi connectivity index (χ4n) is 4.70. The Bertz CT molecular complexity index is 270. The molecule has 1 aliphatic carbocycles. The SMILES string of the molecule is CNC(C(C)CCOC)C1(N2CCCCC2)CCCC1. The standard InChI is InChI=1S/C17H34N2O/c1-15(9-14-20-3)16(18-2)17(10-5-6-11-17)19-12-7-4-8-13-19/h15-16,18H,4-14H2,1-3H3. The van der Waals surface area contributed by atoms with Crippen LogP contribution < -0.4 is 5.32 Å². The molecule has 0 aromatic heterocycles. The van der Waals surface area contributed by atoms with Crippen LogP contribution in [-0.2, 0) is 4.74 Å². The highest BCUT2D eigenvalue weighted by molar-refractivity contribution is 5.05. The van der Waals surface area contributed by atoms with Gasteiger partial charge in [-0.15, -0.1) is 0 Å². The van der Waals surface area contributed by atoms with Crippen molar-refractivity contribution in [2.75, 3.05) is 33.9 Å². The molecule has 3 heteroatoms. The van der Waals surface area contributed by atoms with E-state index in [0.29, 0.717) is 17.5 Å². The molecule has 20 heavy (non-hydrogen) atoms. The summed E-state index contributed by atoms with van der Waals surface area (Å²) in [5.41, 5.74) is 0.419. The number of likely N-dealkylation sites (tertiary alicyclic amines) is 1. The van der Waals surface area contributed by atoms with Crippen LogP contribution in [0.25, 0.3) is 0 Å². The lowest BCUT2D eigenvalue weighted by molar-refractivity contribution is 0.0168. The second kappa shape index (κ2) is 7.77. The number of methoxy groups -OCH3 is 1. The molecule has 2 unspecified atom stereocenters. The van der Waals surface area contributed by atoms with E-state index in [1.807, 2.05) is 7.11 Å². The molecule has 1 saturated carbocycles. The van der Waals surface area contributed by atoms with Crippen LogP contribution in [0.1, 0.15) is 58.3 Å². The van der Waals surface area contributed by atoms with Gasteiger partial charge in [0.1, 0.15) is 0 Å². The summed E-state index contributed by atoms with van der Waals surface area (Å²) in [6, 6.07) is 0.609. The summed E-state index contributed by atoms with van der Waals surface area (Å²) in [7, 11) is 3.98. The van der Waals surface area contributed by atoms with Crippen LogP contribution in [0.15, 0.2) is 0 Å². The molecule has 0 spiro atoms. The van der Waals surface area contributed by atoms with Crippen LogP contribution in [0.2, 0.25) is 0 Å². The van der Waals surface area contributed by atoms with Crippen molar-refractivity contribution in [1.82, 2.24) is 10.2 Å². The third kappa shape index (κ3) is 3.37. The number of hydrogen-bond donors (Lipinski definition) is 1. The topological polar surface area (TPSA) is 24.5 Å². The Kier molecular flexibility index (Phi) is 6.31. The van der Waals surface area contributed by atoms with Crippen molar-refractivity contribution in [2.24, 2.45) is 5.92 Å². The Labute approximate surface area is 125 Å². The highest BCUT2D eigenvalue weighted by atomic mass is 16.5. The lowest BCUT2D eigenvalue weighted by Crippen LogP contribution is -2.62. The largest absolute Gasteiger partial charge is 0.385 e. The van der Waals surface area contributed by atoms with Gasteiger partial charge in [0.2, 0.25) is 0 Å². The number of rotatable bonds is 7. The van der Waals surface area contributed by atoms with E-state index in [2.05, 4.69) is 24.2 Å². The molecule has 0 radical (unpaired) electrons. The van der Waals surface area contributed by atoms with Gasteiger partial charge in [-0.1, -0.05) is 26.2 Å². The Balaban J connectivity index is 2.11. The number of likely N-dealkylation sites (N-methyl/N-ethyl adjacent to an activating group) is 1. The van der Waals surface area contributed by atoms with Crippen LogP contribution >= 0.6 is 0 Å². The second-order valence-electron chi connectivity index (χ2n) is 6.88. The number of ether oxygens (including phenoxy) is 1. The molecule has 1 saturated heterocycles. The van der Waals surface area contributed by atoms with Crippen molar-refractivity contribution in [1.29, 1.82) is 0 Å². The van der Waals surface area contributed by atoms with E-state index in [9.17, 15) is 0 Å². The summed E-state index contributed by atoms with van der Waals surface area (Å²) >= 11 is 0. The zero-order valence-electron chi connectivity index (χ0n) is 13.8. The van der Waals surface area contributed by atoms with Crippen molar-refractivity contribution in [3.63, 3.8) is 0 Å². The molecule has 118 valence electrons. The van der Waals surface area contributed by atoms with Gasteiger partial charge >= 0.3 is 0 Å². The molecule has 2 rings (SSSR count). The maximum Gasteiger partial charge on any atom is 0.0465 e. The van der Waals surface area contributed by atoms with E-state index in [-0.39, 0.29) is 0 Å². The molecule has 2 aliphatic rings. The molecular weight excluding hydrogens is 248 g/mol. The quantitative estimate of drug-likeness (QED) is 0.777. The smallest absolute Gasteiger partial charge is 0.0465 e. The number of nitrogens with one attached hydrogen (secondary N) is 1. The van der Waals surface area contributed by atoms with Crippen molar-refractivity contribution in [3.8, 4) is 0 Å². The monoisotopic (exact) mass is 282 g/mol. The summed E-state index contributed by atoms with van der Waals surface area (Å²) in [5, 5.41) is 3.69. The average molecular weight is 282 g/mol. The first kappa shape index (κ1) is 16.3. The Morgan fingerprint density at radius 2 is 1.75 bits per heavy atom. The summed E-state index contributed by atoms with van der Waals surface area (Å²) in [4.78, 5) is 2.84. The van der Waals surface area contributed by atoms with Crippen molar-refractivity contribution in [2.45, 2.75) is 69.9 Å². The van der Waals surface area contributed by atoms with Gasteiger partial charge in [0, 0.05) is 25.3 Å². The van der Waals surface area contributed by atoms with Crippen LogP contribution in [0.3, 0.4) is 0 Å². The Hall–Kier alpha value is -0.120. The van der Waals surface area contributed by atoms with Crippen LogP contribution in [0.5, 0.6) is 0 Å². The highest BCUT2D eigenvalue weighted by Crippen LogP contribution is 2.42. The van der Waals surface area contributed by atoms with Crippen molar-refractivity contribution < 1.29 is 4.74 Å². The molecule has 1 N–H and O–H groups in total. The van der Waals surface area contributed by atoms with Crippen molar-refractivity contribution in [3.05, 3.63) is 0 Å². The first-order chi connectivity index (χ1) is 9.74. The molecule has 0 aromatic rings. The fourth-order valence-corrected chi connectivity index (χ4v) is 4.70. The van der Waals surface area contributed by atoms with E-state index >= 15 is 0 Å². The van der Waals surface area contributed by atoms with Gasteiger partial charge in [-0.2, -0.15) is 0 Å². The Morgan fingerprint density at radius 3 is 2.30 bits per heavy atom. The summed E-state index contributed by atoms with van der Waals surface area (Å²) in [6.45, 7) is 5.92. The molecule has 2 fully saturated rings. The van der Waals surface area contributed by atoms with Gasteiger partial charge in [0.05, 0.1) is 0 Å². The third-order valence-electron chi connectivity index (χ3n) is 5.69. The molecule has 2 atom stereocenters. The molecule has 0 aromatic carbocycles. The second-order valence-corrected chi connectivity index (χ2v) is 6.88. The van der Waals surface area contributed by atoms with Crippen molar-refractivity contribution >= 4 is 0 Å². The summed E-state index contributed by atoms with van der Waals surface area (Å²) in [5.74, 6) is 0.681. The van der Waals surface area contributed by atoms with Gasteiger partial charge < -0.3 is 10.1 Å². The minimum absolute atomic E-state index is 0.419. The van der Waals surface area contributed by atoms with Gasteiger partial charge in [0.15, 0.2) is 0 Å². The number of piperidine rings is 1. The first-order valence-corrected chi connectivity index (χ1v) is 8.66. The Morgan fingerprint density at radius 1 is 1.10 bits per heavy atom. The predicted molar refractivity (Wildman–Crippen MR) is 85.1 cm³/mol. The van der Waals surface area contributed by atoms with Crippen LogP contribution in [0, 0.1) is 5.92 Å². The maximum atomic E-state index is 5.31. The number of hydrogen-bond acceptors (Lipinski definition) is 3. The van der Waals surface area contributed by atoms with E-state index < -0.39 is 0 Å². The first-order valence-electron chi connectivity index (χ1n) is 8.66. The van der Waals surface area contributed by atoms with Gasteiger partial charge in [-0.3, -0.25) is 4.90 Å². The van der Waals surface area contributed by atoms with E-state index in [1.54, 1.807) is 0 Å². The number of nitrogens with zero attached hydrogens (tertiary/aromatic N) is 1. The van der Waals surface area contributed by atoms with E-state index in [0.717, 1.165) is 13.0 Å². The van der Waals surface area contributed by atoms with E-state index in [4.69, 9.17) is 4.74 Å². The van der Waals surface area contributed by atoms with Gasteiger partial charge in [-0.05, 0) is 58.2 Å². The van der Waals surface area contributed by atoms with Crippen LogP contribution in [-0.4, -0.2) is 50.3 Å². The fraction of sp³-hybridized carbons (Fsp3) is 1.00. The zero-order chi connectivity index (χ0) is 14.4. The van der Waals surface area contributed by atoms with E-state index in [1.165, 1.54) is 58.0 Å². The minimum atomic E-state index is 0.419. The van der Waals surface area contributed by atoms with Gasteiger partial charge in [-0.25, -0.2) is 0 Å². The molecule has 0 bridgehead atoms. The summed E-state index contributed by atoms with van der Waals surface area (Å²) < 4.78 is 5.31. The third-order valence-corrected chi connectivity index (χ3v) is 5.69. The molecule has 1 aliphatic heterocycles. The zero-order valence-corrected chi connectivity index (χ0v) is 13.8. The molecule has 0 amide bonds. The lowest BCUT2D eigenvalue weighted by atomic mass is 9.77. The predicted octanol–water partition coefficient (Wildman–Crippen LogP) is 3.05. The normalized spacial score (nSPS) is 26.6. The lowest BCUT2D eigenvalue weighted by Gasteiger charge is -2.50. The summed E-state index contributed by atoms with van der Waals surface area (Å²) in [6.07, 6.45) is 11.0. The molecular formula is C17H34N2O. The minimum Gasteiger partial charge on any atom is -0.385 e. The highest BCUT2D eigenvalue weighted by Gasteiger charge is 2.47. The maximum absolute atomic E-state index is 5.31. The average Bonchev–Trinajstić information content (AvgIpc) is 2.97. The van der Waals surface area contributed by atoms with Crippen LogP contribution in [0.4, 0.5) is 0 Å². The molecule has 1 heterocycles.